The van der Waals surface area contributed by atoms with Crippen molar-refractivity contribution in [1.29, 1.82) is 0 Å². The quantitative estimate of drug-likeness (QED) is 0.268. The molecule has 0 amide bonds. The summed E-state index contributed by atoms with van der Waals surface area (Å²) in [6.45, 7) is 1.72. The minimum atomic E-state index is 0. The third kappa shape index (κ3) is 10.5. The molecule has 12 heteroatoms. The van der Waals surface area contributed by atoms with Crippen molar-refractivity contribution >= 4 is 78.5 Å². The fraction of sp³-hybridized carbons (Fsp3) is 0.368. The largest absolute Gasteiger partial charge is 0.355 e. The number of anilines is 1. The van der Waals surface area contributed by atoms with Gasteiger partial charge in [-0.25, -0.2) is 9.97 Å². The molecule has 0 aliphatic rings. The molecule has 0 bridgehead atoms. The van der Waals surface area contributed by atoms with Crippen molar-refractivity contribution < 1.29 is 0 Å². The van der Waals surface area contributed by atoms with Crippen LogP contribution in [-0.2, 0) is 18.7 Å². The van der Waals surface area contributed by atoms with E-state index in [4.69, 9.17) is 12.2 Å². The van der Waals surface area contributed by atoms with Gasteiger partial charge in [-0.2, -0.15) is 11.8 Å². The van der Waals surface area contributed by atoms with E-state index in [0.29, 0.717) is 10.6 Å². The standard InChI is InChI=1S/C19H24N6S3.3ClH/c1-25(2)11-17-23-16(13-28-17)12-27-7-6-21-19-22-10-15(18(26)24-19)8-14-4-3-5-20-9-14;;;/h3-5,9-10,13H,6-8,11-12H2,1-2H3,(H2,21,22,24,26);3*1H. The van der Waals surface area contributed by atoms with Crippen LogP contribution in [0.1, 0.15) is 21.8 Å². The van der Waals surface area contributed by atoms with Crippen LogP contribution in [0.15, 0.2) is 36.1 Å². The van der Waals surface area contributed by atoms with Crippen LogP contribution in [-0.4, -0.2) is 51.2 Å². The molecular weight excluding hydrogens is 515 g/mol. The molecule has 172 valence electrons. The first kappa shape index (κ1) is 30.1. The maximum Gasteiger partial charge on any atom is 0.201 e. The zero-order valence-corrected chi connectivity index (χ0v) is 22.1. The number of thiazole rings is 1. The monoisotopic (exact) mass is 540 g/mol. The van der Waals surface area contributed by atoms with Crippen LogP contribution in [0.4, 0.5) is 5.95 Å². The highest BCUT2D eigenvalue weighted by atomic mass is 35.5. The normalized spacial score (nSPS) is 10.0. The van der Waals surface area contributed by atoms with Gasteiger partial charge in [0.1, 0.15) is 9.65 Å². The van der Waals surface area contributed by atoms with Crippen LogP contribution in [0, 0.1) is 4.64 Å². The lowest BCUT2D eigenvalue weighted by Gasteiger charge is -2.07. The van der Waals surface area contributed by atoms with E-state index < -0.39 is 0 Å². The van der Waals surface area contributed by atoms with Crippen LogP contribution in [0.25, 0.3) is 0 Å². The maximum absolute atomic E-state index is 5.43. The summed E-state index contributed by atoms with van der Waals surface area (Å²) in [6.07, 6.45) is 6.28. The highest BCUT2D eigenvalue weighted by Crippen LogP contribution is 2.17. The van der Waals surface area contributed by atoms with Crippen molar-refractivity contribution in [1.82, 2.24) is 24.8 Å². The zero-order chi connectivity index (χ0) is 19.8. The van der Waals surface area contributed by atoms with Crippen LogP contribution in [0.3, 0.4) is 0 Å². The lowest BCUT2D eigenvalue weighted by molar-refractivity contribution is 0.401. The molecule has 3 aromatic rings. The molecule has 0 saturated carbocycles. The van der Waals surface area contributed by atoms with Crippen molar-refractivity contribution in [3.05, 3.63) is 62.6 Å². The Balaban J connectivity index is 0.00000300. The maximum atomic E-state index is 5.43. The second-order valence-electron chi connectivity index (χ2n) is 6.57. The average Bonchev–Trinajstić information content (AvgIpc) is 3.11. The Bertz CT molecular complexity index is 937. The number of hydrogen-bond donors (Lipinski definition) is 2. The Kier molecular flexibility index (Phi) is 15.3. The molecule has 0 aliphatic heterocycles. The number of pyridine rings is 1. The van der Waals surface area contributed by atoms with E-state index >= 15 is 0 Å². The minimum absolute atomic E-state index is 0. The first-order chi connectivity index (χ1) is 13.6. The Labute approximate surface area is 215 Å². The Morgan fingerprint density at radius 1 is 1.23 bits per heavy atom. The first-order valence-corrected chi connectivity index (χ1v) is 11.4. The van der Waals surface area contributed by atoms with E-state index in [9.17, 15) is 0 Å². The summed E-state index contributed by atoms with van der Waals surface area (Å²) in [7, 11) is 4.12. The van der Waals surface area contributed by atoms with Crippen molar-refractivity contribution in [2.24, 2.45) is 0 Å². The molecule has 0 saturated heterocycles. The summed E-state index contributed by atoms with van der Waals surface area (Å²) in [4.78, 5) is 18.6. The number of rotatable bonds is 10. The van der Waals surface area contributed by atoms with Crippen molar-refractivity contribution in [2.45, 2.75) is 18.7 Å². The smallest absolute Gasteiger partial charge is 0.201 e. The van der Waals surface area contributed by atoms with E-state index in [1.807, 2.05) is 36.3 Å². The van der Waals surface area contributed by atoms with Crippen molar-refractivity contribution in [2.75, 3.05) is 31.7 Å². The number of nitrogens with one attached hydrogen (secondary N) is 2. The number of aromatic nitrogens is 4. The summed E-state index contributed by atoms with van der Waals surface area (Å²) in [5.74, 6) is 2.61. The van der Waals surface area contributed by atoms with Gasteiger partial charge in [0.25, 0.3) is 0 Å². The van der Waals surface area contributed by atoms with Gasteiger partial charge in [0, 0.05) is 60.6 Å². The van der Waals surface area contributed by atoms with E-state index in [-0.39, 0.29) is 37.2 Å². The summed E-state index contributed by atoms with van der Waals surface area (Å²) in [5.41, 5.74) is 3.28. The summed E-state index contributed by atoms with van der Waals surface area (Å²) in [5, 5.41) is 6.62. The van der Waals surface area contributed by atoms with Crippen LogP contribution < -0.4 is 5.32 Å². The zero-order valence-electron chi connectivity index (χ0n) is 17.2. The molecule has 0 aliphatic carbocycles. The van der Waals surface area contributed by atoms with Gasteiger partial charge in [-0.05, 0) is 25.7 Å². The van der Waals surface area contributed by atoms with E-state index in [1.54, 1.807) is 17.5 Å². The molecule has 0 aromatic carbocycles. The van der Waals surface area contributed by atoms with E-state index in [2.05, 4.69) is 49.6 Å². The van der Waals surface area contributed by atoms with Gasteiger partial charge >= 0.3 is 0 Å². The fourth-order valence-corrected chi connectivity index (χ4v) is 4.53. The van der Waals surface area contributed by atoms with Crippen molar-refractivity contribution in [3.63, 3.8) is 0 Å². The van der Waals surface area contributed by atoms with Gasteiger partial charge in [-0.15, -0.1) is 48.6 Å². The molecule has 0 fully saturated rings. The molecule has 3 rings (SSSR count). The fourth-order valence-electron chi connectivity index (χ4n) is 2.54. The Morgan fingerprint density at radius 3 is 2.71 bits per heavy atom. The number of aromatic amines is 1. The van der Waals surface area contributed by atoms with E-state index in [0.717, 1.165) is 47.8 Å². The van der Waals surface area contributed by atoms with Crippen LogP contribution >= 0.6 is 72.5 Å². The second kappa shape index (κ2) is 15.8. The van der Waals surface area contributed by atoms with Crippen LogP contribution in [0.2, 0.25) is 0 Å². The van der Waals surface area contributed by atoms with E-state index in [1.165, 1.54) is 5.01 Å². The molecule has 0 spiro atoms. The molecule has 0 atom stereocenters. The Hall–Kier alpha value is -0.940. The number of halogens is 3. The van der Waals surface area contributed by atoms with Gasteiger partial charge in [0.2, 0.25) is 5.95 Å². The van der Waals surface area contributed by atoms with Gasteiger partial charge < -0.3 is 15.2 Å². The predicted molar refractivity (Wildman–Crippen MR) is 142 cm³/mol. The SMILES string of the molecule is CN(C)Cc1nc(CSCCNc2nc(=S)c(Cc3cccnc3)c[nH]2)cs1.Cl.Cl.Cl. The highest BCUT2D eigenvalue weighted by Gasteiger charge is 2.04. The van der Waals surface area contributed by atoms with Gasteiger partial charge in [-0.3, -0.25) is 4.98 Å². The van der Waals surface area contributed by atoms with Gasteiger partial charge in [0.05, 0.1) is 5.69 Å². The first-order valence-electron chi connectivity index (χ1n) is 8.97. The minimum Gasteiger partial charge on any atom is -0.355 e. The lowest BCUT2D eigenvalue weighted by atomic mass is 10.1. The average molecular weight is 542 g/mol. The number of hydrogen-bond acceptors (Lipinski definition) is 8. The predicted octanol–water partition coefficient (Wildman–Crippen LogP) is 5.25. The molecule has 3 aromatic heterocycles. The summed E-state index contributed by atoms with van der Waals surface area (Å²) >= 11 is 9.02. The van der Waals surface area contributed by atoms with Crippen molar-refractivity contribution in [3.8, 4) is 0 Å². The summed E-state index contributed by atoms with van der Waals surface area (Å²) in [6, 6.07) is 3.97. The second-order valence-corrected chi connectivity index (χ2v) is 9.00. The third-order valence-corrected chi connectivity index (χ3v) is 6.06. The molecule has 0 radical (unpaired) electrons. The number of nitrogens with zero attached hydrogens (tertiary/aromatic N) is 4. The lowest BCUT2D eigenvalue weighted by Crippen LogP contribution is -2.10. The molecule has 6 nitrogen and oxygen atoms in total. The molecule has 0 unspecified atom stereocenters. The third-order valence-electron chi connectivity index (χ3n) is 3.83. The van der Waals surface area contributed by atoms with Gasteiger partial charge in [0.15, 0.2) is 0 Å². The van der Waals surface area contributed by atoms with Crippen LogP contribution in [0.5, 0.6) is 0 Å². The Morgan fingerprint density at radius 2 is 2.03 bits per heavy atom. The highest BCUT2D eigenvalue weighted by molar-refractivity contribution is 7.98. The molecule has 3 heterocycles. The topological polar surface area (TPSA) is 69.7 Å². The molecular formula is C19H27Cl3N6S3. The van der Waals surface area contributed by atoms with Gasteiger partial charge in [-0.1, -0.05) is 18.3 Å². The molecule has 31 heavy (non-hydrogen) atoms. The molecule has 2 N–H and O–H groups in total. The number of thioether (sulfide) groups is 1. The summed E-state index contributed by atoms with van der Waals surface area (Å²) < 4.78 is 0.619. The number of H-pyrrole nitrogens is 1.